The van der Waals surface area contributed by atoms with Gasteiger partial charge in [-0.1, -0.05) is 42.5 Å². The van der Waals surface area contributed by atoms with Crippen LogP contribution < -0.4 is 21.7 Å². The molecule has 0 radical (unpaired) electrons. The Hall–Kier alpha value is -2.88. The van der Waals surface area contributed by atoms with Crippen molar-refractivity contribution in [1.29, 1.82) is 0 Å². The van der Waals surface area contributed by atoms with Gasteiger partial charge in [0.2, 0.25) is 17.7 Å². The van der Waals surface area contributed by atoms with Crippen molar-refractivity contribution in [2.45, 2.75) is 30.4 Å². The van der Waals surface area contributed by atoms with E-state index in [1.807, 2.05) is 54.6 Å². The lowest BCUT2D eigenvalue weighted by Gasteiger charge is -2.28. The van der Waals surface area contributed by atoms with Gasteiger partial charge in [0.25, 0.3) is 0 Å². The van der Waals surface area contributed by atoms with E-state index in [9.17, 15) is 14.4 Å². The molecule has 3 rings (SSSR count). The van der Waals surface area contributed by atoms with Crippen LogP contribution in [0.5, 0.6) is 0 Å². The molecule has 176 valence electrons. The molecule has 3 amide bonds. The third-order valence-electron chi connectivity index (χ3n) is 5.36. The van der Waals surface area contributed by atoms with Gasteiger partial charge in [0.1, 0.15) is 6.10 Å². The zero-order chi connectivity index (χ0) is 23.6. The van der Waals surface area contributed by atoms with Gasteiger partial charge < -0.3 is 26.4 Å². The molecule has 8 nitrogen and oxygen atoms in total. The van der Waals surface area contributed by atoms with Crippen LogP contribution in [-0.4, -0.2) is 49.2 Å². The van der Waals surface area contributed by atoms with E-state index in [0.717, 1.165) is 16.1 Å². The summed E-state index contributed by atoms with van der Waals surface area (Å²) in [5.41, 5.74) is 12.9. The number of rotatable bonds is 11. The lowest BCUT2D eigenvalue weighted by Crippen LogP contribution is -2.45. The summed E-state index contributed by atoms with van der Waals surface area (Å²) < 4.78 is 5.91. The third-order valence-corrected chi connectivity index (χ3v) is 6.43. The second kappa shape index (κ2) is 12.4. The predicted octanol–water partition coefficient (Wildman–Crippen LogP) is 1.67. The normalized spacial score (nSPS) is 15.3. The highest BCUT2D eigenvalue weighted by Crippen LogP contribution is 2.34. The highest BCUT2D eigenvalue weighted by atomic mass is 32.2. The molecule has 0 aliphatic carbocycles. The summed E-state index contributed by atoms with van der Waals surface area (Å²) >= 11 is 1.61. The van der Waals surface area contributed by atoms with Crippen molar-refractivity contribution < 1.29 is 19.1 Å². The number of nitrogens with two attached hydrogens (primary N) is 2. The van der Waals surface area contributed by atoms with Crippen molar-refractivity contribution >= 4 is 35.2 Å². The Labute approximate surface area is 198 Å². The standard InChI is InChI=1S/C24H30N4O4S/c25-11-12-27-24(31)20(32-16-17-6-2-1-3-7-17)14-18(23(26)30)15-28-19-8-4-5-9-21(19)33-13-10-22(28)29/h1-9,18,20H,10-16,25H2,(H2,26,30)(H,27,31)/t18?,20-/m1/s1. The van der Waals surface area contributed by atoms with Crippen LogP contribution in [0.2, 0.25) is 0 Å². The second-order valence-corrected chi connectivity index (χ2v) is 8.91. The SMILES string of the molecule is NCCNC(=O)[C@@H](CC(CN1C(=O)CCSc2ccccc21)C(N)=O)OCc1ccccc1. The van der Waals surface area contributed by atoms with Crippen LogP contribution in [-0.2, 0) is 25.7 Å². The van der Waals surface area contributed by atoms with Crippen molar-refractivity contribution in [2.24, 2.45) is 17.4 Å². The van der Waals surface area contributed by atoms with Gasteiger partial charge in [0.15, 0.2) is 0 Å². The number of para-hydroxylation sites is 1. The molecule has 0 saturated heterocycles. The summed E-state index contributed by atoms with van der Waals surface area (Å²) in [6.45, 7) is 0.865. The molecule has 0 saturated carbocycles. The molecule has 0 aromatic heterocycles. The number of amides is 3. The molecule has 2 aromatic rings. The number of fused-ring (bicyclic) bond motifs is 1. The van der Waals surface area contributed by atoms with Gasteiger partial charge in [-0.25, -0.2) is 0 Å². The number of thioether (sulfide) groups is 1. The Balaban J connectivity index is 1.78. The Morgan fingerprint density at radius 1 is 1.12 bits per heavy atom. The molecule has 2 aromatic carbocycles. The first-order chi connectivity index (χ1) is 16.0. The van der Waals surface area contributed by atoms with Crippen LogP contribution in [0, 0.1) is 5.92 Å². The van der Waals surface area contributed by atoms with Gasteiger partial charge in [-0.3, -0.25) is 14.4 Å². The number of nitrogens with zero attached hydrogens (tertiary/aromatic N) is 1. The number of ether oxygens (including phenoxy) is 1. The van der Waals surface area contributed by atoms with E-state index >= 15 is 0 Å². The molecular formula is C24H30N4O4S. The van der Waals surface area contributed by atoms with Crippen molar-refractivity contribution in [3.8, 4) is 0 Å². The van der Waals surface area contributed by atoms with Crippen LogP contribution in [0.25, 0.3) is 0 Å². The first-order valence-electron chi connectivity index (χ1n) is 10.9. The quantitative estimate of drug-likeness (QED) is 0.458. The molecule has 0 fully saturated rings. The van der Waals surface area contributed by atoms with Gasteiger partial charge in [-0.15, -0.1) is 11.8 Å². The summed E-state index contributed by atoms with van der Waals surface area (Å²) in [5, 5.41) is 2.73. The van der Waals surface area contributed by atoms with Crippen molar-refractivity contribution in [3.05, 3.63) is 60.2 Å². The number of hydrogen-bond acceptors (Lipinski definition) is 6. The zero-order valence-corrected chi connectivity index (χ0v) is 19.3. The monoisotopic (exact) mass is 470 g/mol. The van der Waals surface area contributed by atoms with E-state index in [0.29, 0.717) is 18.7 Å². The number of carbonyl (C=O) groups excluding carboxylic acids is 3. The van der Waals surface area contributed by atoms with Crippen molar-refractivity contribution in [1.82, 2.24) is 5.32 Å². The molecule has 9 heteroatoms. The van der Waals surface area contributed by atoms with Gasteiger partial charge in [0.05, 0.1) is 18.2 Å². The minimum atomic E-state index is -0.916. The fraction of sp³-hybridized carbons (Fsp3) is 0.375. The summed E-state index contributed by atoms with van der Waals surface area (Å²) in [7, 11) is 0. The topological polar surface area (TPSA) is 128 Å². The van der Waals surface area contributed by atoms with Crippen molar-refractivity contribution in [2.75, 3.05) is 30.3 Å². The maximum absolute atomic E-state index is 12.8. The number of carbonyl (C=O) groups is 3. The molecule has 1 heterocycles. The van der Waals surface area contributed by atoms with Crippen molar-refractivity contribution in [3.63, 3.8) is 0 Å². The summed E-state index contributed by atoms with van der Waals surface area (Å²) in [5.74, 6) is -1.13. The average Bonchev–Trinajstić information content (AvgIpc) is 2.98. The first-order valence-corrected chi connectivity index (χ1v) is 11.9. The van der Waals surface area contributed by atoms with Crippen LogP contribution in [0.15, 0.2) is 59.5 Å². The summed E-state index contributed by atoms with van der Waals surface area (Å²) in [4.78, 5) is 40.6. The Bertz CT molecular complexity index is 956. The van der Waals surface area contributed by atoms with E-state index < -0.39 is 17.9 Å². The lowest BCUT2D eigenvalue weighted by molar-refractivity contribution is -0.136. The highest BCUT2D eigenvalue weighted by Gasteiger charge is 2.32. The number of anilines is 1. The number of nitrogens with one attached hydrogen (secondary N) is 1. The van der Waals surface area contributed by atoms with Crippen LogP contribution in [0.3, 0.4) is 0 Å². The fourth-order valence-corrected chi connectivity index (χ4v) is 4.61. The van der Waals surface area contributed by atoms with E-state index in [4.69, 9.17) is 16.2 Å². The maximum atomic E-state index is 12.8. The number of hydrogen-bond donors (Lipinski definition) is 3. The molecule has 5 N–H and O–H groups in total. The maximum Gasteiger partial charge on any atom is 0.249 e. The van der Waals surface area contributed by atoms with E-state index in [1.54, 1.807) is 16.7 Å². The fourth-order valence-electron chi connectivity index (χ4n) is 3.61. The minimum absolute atomic E-state index is 0.0532. The average molecular weight is 471 g/mol. The molecule has 0 spiro atoms. The molecule has 1 unspecified atom stereocenters. The number of primary amides is 1. The second-order valence-electron chi connectivity index (χ2n) is 7.77. The zero-order valence-electron chi connectivity index (χ0n) is 18.4. The first kappa shape index (κ1) is 24.8. The Kier molecular flexibility index (Phi) is 9.29. The van der Waals surface area contributed by atoms with Crippen LogP contribution >= 0.6 is 11.8 Å². The largest absolute Gasteiger partial charge is 0.369 e. The van der Waals surface area contributed by atoms with Gasteiger partial charge in [-0.05, 0) is 24.1 Å². The smallest absolute Gasteiger partial charge is 0.249 e. The number of benzene rings is 2. The Morgan fingerprint density at radius 2 is 1.85 bits per heavy atom. The predicted molar refractivity (Wildman–Crippen MR) is 129 cm³/mol. The molecule has 1 aliphatic rings. The minimum Gasteiger partial charge on any atom is -0.369 e. The van der Waals surface area contributed by atoms with E-state index in [2.05, 4.69) is 5.32 Å². The summed E-state index contributed by atoms with van der Waals surface area (Å²) in [6.07, 6.45) is -0.506. The van der Waals surface area contributed by atoms with Gasteiger partial charge >= 0.3 is 0 Å². The van der Waals surface area contributed by atoms with Gasteiger partial charge in [-0.2, -0.15) is 0 Å². The highest BCUT2D eigenvalue weighted by molar-refractivity contribution is 7.99. The Morgan fingerprint density at radius 3 is 2.58 bits per heavy atom. The molecular weight excluding hydrogens is 440 g/mol. The van der Waals surface area contributed by atoms with E-state index in [1.165, 1.54) is 0 Å². The molecule has 2 atom stereocenters. The van der Waals surface area contributed by atoms with Crippen LogP contribution in [0.4, 0.5) is 5.69 Å². The van der Waals surface area contributed by atoms with Gasteiger partial charge in [0, 0.05) is 36.7 Å². The summed E-state index contributed by atoms with van der Waals surface area (Å²) in [6, 6.07) is 17.0. The molecule has 33 heavy (non-hydrogen) atoms. The molecule has 1 aliphatic heterocycles. The van der Waals surface area contributed by atoms with Crippen LogP contribution in [0.1, 0.15) is 18.4 Å². The van der Waals surface area contributed by atoms with E-state index in [-0.39, 0.29) is 37.9 Å². The third kappa shape index (κ3) is 7.05. The molecule has 0 bridgehead atoms. The lowest BCUT2D eigenvalue weighted by atomic mass is 9.98.